The van der Waals surface area contributed by atoms with Gasteiger partial charge < -0.3 is 14.8 Å². The Balaban J connectivity index is 1.40. The third-order valence-electron chi connectivity index (χ3n) is 5.16. The summed E-state index contributed by atoms with van der Waals surface area (Å²) in [6.45, 7) is 1.60. The van der Waals surface area contributed by atoms with Crippen LogP contribution in [0.3, 0.4) is 0 Å². The molecule has 1 aliphatic heterocycles. The fourth-order valence-electron chi connectivity index (χ4n) is 3.61. The molecule has 1 atom stereocenters. The van der Waals surface area contributed by atoms with Crippen molar-refractivity contribution in [2.45, 2.75) is 32.4 Å². The summed E-state index contributed by atoms with van der Waals surface area (Å²) >= 11 is 0. The van der Waals surface area contributed by atoms with E-state index in [-0.39, 0.29) is 17.7 Å². The third kappa shape index (κ3) is 2.90. The van der Waals surface area contributed by atoms with Crippen LogP contribution in [0.4, 0.5) is 0 Å². The lowest BCUT2D eigenvalue weighted by molar-refractivity contribution is -0.125. The molecule has 0 saturated carbocycles. The van der Waals surface area contributed by atoms with Crippen LogP contribution in [0.25, 0.3) is 0 Å². The van der Waals surface area contributed by atoms with Gasteiger partial charge in [-0.05, 0) is 30.4 Å². The lowest BCUT2D eigenvalue weighted by Crippen LogP contribution is -2.39. The Morgan fingerprint density at radius 1 is 1.24 bits per heavy atom. The van der Waals surface area contributed by atoms with E-state index in [0.717, 1.165) is 19.3 Å². The summed E-state index contributed by atoms with van der Waals surface area (Å²) in [4.78, 5) is 26.2. The number of likely N-dealkylation sites (N-methyl/N-ethyl adjacent to an activating group) is 1. The van der Waals surface area contributed by atoms with Gasteiger partial charge in [0.15, 0.2) is 5.82 Å². The molecule has 0 radical (unpaired) electrons. The van der Waals surface area contributed by atoms with Crippen LogP contribution in [0.2, 0.25) is 0 Å². The van der Waals surface area contributed by atoms with Gasteiger partial charge in [0.1, 0.15) is 0 Å². The molecule has 1 N–H and O–H groups in total. The Labute approximate surface area is 146 Å². The molecule has 2 heterocycles. The highest BCUT2D eigenvalue weighted by molar-refractivity contribution is 5.91. The zero-order valence-corrected chi connectivity index (χ0v) is 14.2. The highest BCUT2D eigenvalue weighted by Gasteiger charge is 2.28. The molecule has 130 valence electrons. The molecule has 0 spiro atoms. The van der Waals surface area contributed by atoms with Crippen LogP contribution in [0.15, 0.2) is 24.3 Å². The van der Waals surface area contributed by atoms with E-state index in [9.17, 15) is 9.59 Å². The number of hydrogen-bond acceptors (Lipinski definition) is 4. The van der Waals surface area contributed by atoms with Crippen molar-refractivity contribution in [1.82, 2.24) is 25.0 Å². The normalized spacial score (nSPS) is 19.3. The van der Waals surface area contributed by atoms with E-state index in [4.69, 9.17) is 0 Å². The van der Waals surface area contributed by atoms with E-state index in [2.05, 4.69) is 27.6 Å². The average Bonchev–Trinajstić information content (AvgIpc) is 3.06. The number of carbonyl (C=O) groups excluding carboxylic acids is 2. The van der Waals surface area contributed by atoms with Crippen molar-refractivity contribution in [2.75, 3.05) is 13.6 Å². The fourth-order valence-corrected chi connectivity index (χ4v) is 3.61. The van der Waals surface area contributed by atoms with Gasteiger partial charge >= 0.3 is 0 Å². The molecule has 2 aliphatic rings. The second-order valence-corrected chi connectivity index (χ2v) is 6.74. The molecule has 4 rings (SSSR count). The number of hydrogen-bond donors (Lipinski definition) is 1. The minimum Gasteiger partial charge on any atom is -0.349 e. The van der Waals surface area contributed by atoms with Crippen LogP contribution < -0.4 is 5.32 Å². The van der Waals surface area contributed by atoms with Crippen LogP contribution in [0, 0.1) is 5.92 Å². The summed E-state index contributed by atoms with van der Waals surface area (Å²) < 4.78 is 1.80. The maximum Gasteiger partial charge on any atom is 0.291 e. The van der Waals surface area contributed by atoms with Gasteiger partial charge in [-0.15, -0.1) is 10.2 Å². The monoisotopic (exact) mass is 339 g/mol. The molecule has 1 aromatic heterocycles. The molecule has 0 fully saturated rings. The molecule has 7 heteroatoms. The molecular formula is C18H21N5O2. The molecule has 7 nitrogen and oxygen atoms in total. The Morgan fingerprint density at radius 3 is 2.88 bits per heavy atom. The van der Waals surface area contributed by atoms with Gasteiger partial charge in [-0.2, -0.15) is 0 Å². The number of fused-ring (bicyclic) bond motifs is 2. The second kappa shape index (κ2) is 6.31. The van der Waals surface area contributed by atoms with E-state index in [1.165, 1.54) is 11.1 Å². The molecular weight excluding hydrogens is 318 g/mol. The summed E-state index contributed by atoms with van der Waals surface area (Å²) in [5.41, 5.74) is 2.61. The van der Waals surface area contributed by atoms with E-state index in [0.29, 0.717) is 31.3 Å². The second-order valence-electron chi connectivity index (χ2n) is 6.74. The van der Waals surface area contributed by atoms with Gasteiger partial charge in [-0.1, -0.05) is 24.3 Å². The molecule has 0 bridgehead atoms. The molecule has 0 saturated heterocycles. The van der Waals surface area contributed by atoms with Crippen molar-refractivity contribution in [3.05, 3.63) is 47.0 Å². The number of benzene rings is 1. The number of aryl methyl sites for hydroxylation is 1. The predicted octanol–water partition coefficient (Wildman–Crippen LogP) is 0.785. The lowest BCUT2D eigenvalue weighted by Gasteiger charge is -2.25. The highest BCUT2D eigenvalue weighted by Crippen LogP contribution is 2.25. The fraction of sp³-hybridized carbons (Fsp3) is 0.444. The van der Waals surface area contributed by atoms with Gasteiger partial charge in [0.25, 0.3) is 5.91 Å². The van der Waals surface area contributed by atoms with Gasteiger partial charge in [0.05, 0.1) is 6.54 Å². The van der Waals surface area contributed by atoms with Crippen molar-refractivity contribution in [3.8, 4) is 0 Å². The molecule has 25 heavy (non-hydrogen) atoms. The highest BCUT2D eigenvalue weighted by atomic mass is 16.2. The van der Waals surface area contributed by atoms with Crippen LogP contribution in [0.1, 0.15) is 34.0 Å². The summed E-state index contributed by atoms with van der Waals surface area (Å²) in [6, 6.07) is 8.31. The topological polar surface area (TPSA) is 80.1 Å². The minimum absolute atomic E-state index is 0.00795. The quantitative estimate of drug-likeness (QED) is 0.896. The first kappa shape index (κ1) is 15.8. The predicted molar refractivity (Wildman–Crippen MR) is 90.8 cm³/mol. The number of nitrogens with zero attached hydrogens (tertiary/aromatic N) is 4. The summed E-state index contributed by atoms with van der Waals surface area (Å²) in [7, 11) is 1.75. The first-order valence-corrected chi connectivity index (χ1v) is 8.65. The Bertz CT molecular complexity index is 829. The van der Waals surface area contributed by atoms with Gasteiger partial charge in [-0.25, -0.2) is 0 Å². The number of carbonyl (C=O) groups is 2. The SMILES string of the molecule is CN1CCn2c(CNC(=O)C3CCc4ccccc4C3)nnc2C1=O. The van der Waals surface area contributed by atoms with Gasteiger partial charge in [0, 0.05) is 26.1 Å². The zero-order chi connectivity index (χ0) is 17.4. The van der Waals surface area contributed by atoms with Crippen LogP contribution in [-0.2, 0) is 30.7 Å². The van der Waals surface area contributed by atoms with E-state index < -0.39 is 0 Å². The summed E-state index contributed by atoms with van der Waals surface area (Å²) in [6.07, 6.45) is 2.59. The number of nitrogens with one attached hydrogen (secondary N) is 1. The first-order valence-electron chi connectivity index (χ1n) is 8.65. The molecule has 2 amide bonds. The molecule has 1 aromatic carbocycles. The number of aromatic nitrogens is 3. The van der Waals surface area contributed by atoms with Crippen LogP contribution in [0.5, 0.6) is 0 Å². The van der Waals surface area contributed by atoms with Crippen molar-refractivity contribution in [3.63, 3.8) is 0 Å². The number of amides is 2. The van der Waals surface area contributed by atoms with Gasteiger partial charge in [-0.3, -0.25) is 9.59 Å². The summed E-state index contributed by atoms with van der Waals surface area (Å²) in [5, 5.41) is 11.0. The largest absolute Gasteiger partial charge is 0.349 e. The minimum atomic E-state index is -0.125. The molecule has 1 unspecified atom stereocenters. The van der Waals surface area contributed by atoms with Crippen molar-refractivity contribution < 1.29 is 9.59 Å². The van der Waals surface area contributed by atoms with Crippen molar-refractivity contribution in [2.24, 2.45) is 5.92 Å². The maximum atomic E-state index is 12.5. The molecule has 2 aromatic rings. The maximum absolute atomic E-state index is 12.5. The van der Waals surface area contributed by atoms with Crippen molar-refractivity contribution in [1.29, 1.82) is 0 Å². The Hall–Kier alpha value is -2.70. The van der Waals surface area contributed by atoms with Crippen LogP contribution in [-0.4, -0.2) is 45.1 Å². The molecule has 1 aliphatic carbocycles. The lowest BCUT2D eigenvalue weighted by atomic mass is 9.83. The Kier molecular flexibility index (Phi) is 3.99. The van der Waals surface area contributed by atoms with E-state index >= 15 is 0 Å². The van der Waals surface area contributed by atoms with Gasteiger partial charge in [0.2, 0.25) is 11.7 Å². The zero-order valence-electron chi connectivity index (χ0n) is 14.2. The van der Waals surface area contributed by atoms with E-state index in [1.54, 1.807) is 16.5 Å². The average molecular weight is 339 g/mol. The summed E-state index contributed by atoms with van der Waals surface area (Å²) in [5.74, 6) is 0.906. The first-order chi connectivity index (χ1) is 12.1. The Morgan fingerprint density at radius 2 is 2.04 bits per heavy atom. The van der Waals surface area contributed by atoms with Crippen molar-refractivity contribution >= 4 is 11.8 Å². The standard InChI is InChI=1S/C18H21N5O2/c1-22-8-9-23-15(20-21-16(23)18(22)25)11-19-17(24)14-7-6-12-4-2-3-5-13(12)10-14/h2-5,14H,6-11H2,1H3,(H,19,24). The van der Waals surface area contributed by atoms with E-state index in [1.807, 2.05) is 12.1 Å². The number of rotatable bonds is 3. The smallest absolute Gasteiger partial charge is 0.291 e. The van der Waals surface area contributed by atoms with Crippen LogP contribution >= 0.6 is 0 Å². The third-order valence-corrected chi connectivity index (χ3v) is 5.16.